The van der Waals surface area contributed by atoms with Crippen LogP contribution in [0.25, 0.3) is 0 Å². The fourth-order valence-electron chi connectivity index (χ4n) is 2.46. The number of carboxylic acids is 1. The van der Waals surface area contributed by atoms with Gasteiger partial charge in [0.1, 0.15) is 18.7 Å². The number of carboxylic acid groups (broad SMARTS) is 1. The first kappa shape index (κ1) is 18.7. The normalized spacial score (nSPS) is 13.0. The maximum absolute atomic E-state index is 12.1. The van der Waals surface area contributed by atoms with Gasteiger partial charge in [-0.2, -0.15) is 0 Å². The standard InChI is InChI=1S/C20H23NO4/c1-15(20(24)25-14-17-10-6-3-7-11-17)21-18(19(22)23)13-12-16-8-4-2-5-9-16/h2-11,15,18,21H,12-14H2,1H3,(H,22,23)/t15-,18+/m1/s1. The second-order valence-corrected chi connectivity index (χ2v) is 5.90. The van der Waals surface area contributed by atoms with Gasteiger partial charge in [0.15, 0.2) is 0 Å². The van der Waals surface area contributed by atoms with Gasteiger partial charge in [-0.15, -0.1) is 0 Å². The molecule has 2 rings (SSSR count). The van der Waals surface area contributed by atoms with E-state index in [2.05, 4.69) is 5.32 Å². The number of hydrogen-bond acceptors (Lipinski definition) is 4. The van der Waals surface area contributed by atoms with Gasteiger partial charge in [0.05, 0.1) is 0 Å². The number of rotatable bonds is 9. The van der Waals surface area contributed by atoms with Crippen LogP contribution < -0.4 is 5.32 Å². The average molecular weight is 341 g/mol. The highest BCUT2D eigenvalue weighted by Gasteiger charge is 2.23. The highest BCUT2D eigenvalue weighted by molar-refractivity contribution is 5.78. The van der Waals surface area contributed by atoms with E-state index in [1.807, 2.05) is 60.7 Å². The van der Waals surface area contributed by atoms with Crippen LogP contribution in [0.3, 0.4) is 0 Å². The number of carbonyl (C=O) groups excluding carboxylic acids is 1. The first-order chi connectivity index (χ1) is 12.1. The van der Waals surface area contributed by atoms with E-state index in [0.717, 1.165) is 11.1 Å². The Kier molecular flexibility index (Phi) is 7.16. The van der Waals surface area contributed by atoms with E-state index in [4.69, 9.17) is 4.74 Å². The monoisotopic (exact) mass is 341 g/mol. The van der Waals surface area contributed by atoms with Crippen molar-refractivity contribution < 1.29 is 19.4 Å². The van der Waals surface area contributed by atoms with Crippen molar-refractivity contribution in [3.05, 3.63) is 71.8 Å². The minimum atomic E-state index is -0.973. The molecule has 2 atom stereocenters. The molecule has 0 saturated heterocycles. The van der Waals surface area contributed by atoms with Gasteiger partial charge in [-0.1, -0.05) is 60.7 Å². The highest BCUT2D eigenvalue weighted by atomic mass is 16.5. The summed E-state index contributed by atoms with van der Waals surface area (Å²) in [6.45, 7) is 1.79. The molecule has 2 aromatic carbocycles. The quantitative estimate of drug-likeness (QED) is 0.686. The van der Waals surface area contributed by atoms with Crippen molar-refractivity contribution in [1.29, 1.82) is 0 Å². The molecule has 2 N–H and O–H groups in total. The molecule has 0 spiro atoms. The van der Waals surface area contributed by atoms with Crippen molar-refractivity contribution in [1.82, 2.24) is 5.32 Å². The van der Waals surface area contributed by atoms with E-state index >= 15 is 0 Å². The number of benzene rings is 2. The topological polar surface area (TPSA) is 75.6 Å². The van der Waals surface area contributed by atoms with Gasteiger partial charge >= 0.3 is 11.9 Å². The lowest BCUT2D eigenvalue weighted by Gasteiger charge is -2.19. The minimum absolute atomic E-state index is 0.174. The lowest BCUT2D eigenvalue weighted by Crippen LogP contribution is -2.46. The fraction of sp³-hybridized carbons (Fsp3) is 0.300. The molecular weight excluding hydrogens is 318 g/mol. The van der Waals surface area contributed by atoms with Crippen LogP contribution in [0.15, 0.2) is 60.7 Å². The smallest absolute Gasteiger partial charge is 0.323 e. The van der Waals surface area contributed by atoms with Gasteiger partial charge in [-0.3, -0.25) is 14.9 Å². The number of aliphatic carboxylic acids is 1. The molecule has 25 heavy (non-hydrogen) atoms. The average Bonchev–Trinajstić information content (AvgIpc) is 2.64. The molecule has 0 aliphatic carbocycles. The van der Waals surface area contributed by atoms with Gasteiger partial charge in [0.25, 0.3) is 0 Å². The van der Waals surface area contributed by atoms with Crippen molar-refractivity contribution >= 4 is 11.9 Å². The molecular formula is C20H23NO4. The molecule has 0 aromatic heterocycles. The third kappa shape index (κ3) is 6.39. The summed E-state index contributed by atoms with van der Waals surface area (Å²) in [7, 11) is 0. The molecule has 5 nitrogen and oxygen atoms in total. The molecule has 2 aromatic rings. The second-order valence-electron chi connectivity index (χ2n) is 5.90. The molecule has 132 valence electrons. The summed E-state index contributed by atoms with van der Waals surface area (Å²) in [5.41, 5.74) is 1.96. The lowest BCUT2D eigenvalue weighted by atomic mass is 10.0. The van der Waals surface area contributed by atoms with E-state index in [9.17, 15) is 14.7 Å². The third-order valence-electron chi connectivity index (χ3n) is 3.89. The predicted molar refractivity (Wildman–Crippen MR) is 95.0 cm³/mol. The molecule has 5 heteroatoms. The van der Waals surface area contributed by atoms with Crippen LogP contribution in [-0.2, 0) is 27.4 Å². The zero-order valence-electron chi connectivity index (χ0n) is 14.2. The molecule has 0 bridgehead atoms. The minimum Gasteiger partial charge on any atom is -0.480 e. The Morgan fingerprint density at radius 1 is 1.00 bits per heavy atom. The van der Waals surface area contributed by atoms with Crippen LogP contribution in [0, 0.1) is 0 Å². The van der Waals surface area contributed by atoms with Crippen LogP contribution >= 0.6 is 0 Å². The van der Waals surface area contributed by atoms with Crippen molar-refractivity contribution in [3.63, 3.8) is 0 Å². The number of ether oxygens (including phenoxy) is 1. The van der Waals surface area contributed by atoms with Crippen molar-refractivity contribution in [2.24, 2.45) is 0 Å². The van der Waals surface area contributed by atoms with Crippen LogP contribution in [0.1, 0.15) is 24.5 Å². The Balaban J connectivity index is 1.83. The summed E-state index contributed by atoms with van der Waals surface area (Å²) >= 11 is 0. The van der Waals surface area contributed by atoms with E-state index in [1.165, 1.54) is 0 Å². The fourth-order valence-corrected chi connectivity index (χ4v) is 2.46. The van der Waals surface area contributed by atoms with Gasteiger partial charge in [-0.05, 0) is 30.9 Å². The largest absolute Gasteiger partial charge is 0.480 e. The zero-order valence-corrected chi connectivity index (χ0v) is 14.2. The van der Waals surface area contributed by atoms with Gasteiger partial charge in [-0.25, -0.2) is 0 Å². The van der Waals surface area contributed by atoms with E-state index in [1.54, 1.807) is 6.92 Å². The summed E-state index contributed by atoms with van der Waals surface area (Å²) < 4.78 is 5.24. The Morgan fingerprint density at radius 3 is 2.12 bits per heavy atom. The number of esters is 1. The number of aryl methyl sites for hydroxylation is 1. The van der Waals surface area contributed by atoms with Crippen LogP contribution in [0.4, 0.5) is 0 Å². The third-order valence-corrected chi connectivity index (χ3v) is 3.89. The van der Waals surface area contributed by atoms with Crippen LogP contribution in [0.2, 0.25) is 0 Å². The van der Waals surface area contributed by atoms with Crippen molar-refractivity contribution in [3.8, 4) is 0 Å². The Morgan fingerprint density at radius 2 is 1.56 bits per heavy atom. The van der Waals surface area contributed by atoms with Gasteiger partial charge in [0, 0.05) is 0 Å². The zero-order chi connectivity index (χ0) is 18.1. The number of hydrogen-bond donors (Lipinski definition) is 2. The maximum Gasteiger partial charge on any atom is 0.323 e. The van der Waals surface area contributed by atoms with E-state index in [0.29, 0.717) is 12.8 Å². The molecule has 0 aliphatic heterocycles. The van der Waals surface area contributed by atoms with Gasteiger partial charge < -0.3 is 9.84 Å². The first-order valence-corrected chi connectivity index (χ1v) is 8.29. The number of carbonyl (C=O) groups is 2. The molecule has 0 aliphatic rings. The van der Waals surface area contributed by atoms with Crippen LogP contribution in [-0.4, -0.2) is 29.1 Å². The highest BCUT2D eigenvalue weighted by Crippen LogP contribution is 2.07. The lowest BCUT2D eigenvalue weighted by molar-refractivity contribution is -0.148. The SMILES string of the molecule is C[C@@H](N[C@@H](CCc1ccccc1)C(=O)O)C(=O)OCc1ccccc1. The van der Waals surface area contributed by atoms with E-state index < -0.39 is 24.0 Å². The Labute approximate surface area is 147 Å². The predicted octanol–water partition coefficient (Wildman–Crippen LogP) is 2.79. The Hall–Kier alpha value is -2.66. The molecule has 0 amide bonds. The summed E-state index contributed by atoms with van der Waals surface area (Å²) in [5, 5.41) is 12.2. The summed E-state index contributed by atoms with van der Waals surface area (Å²) in [5.74, 6) is -1.44. The van der Waals surface area contributed by atoms with Crippen LogP contribution in [0.5, 0.6) is 0 Å². The van der Waals surface area contributed by atoms with Crippen molar-refractivity contribution in [2.75, 3.05) is 0 Å². The summed E-state index contributed by atoms with van der Waals surface area (Å²) in [6, 6.07) is 17.5. The second kappa shape index (κ2) is 9.59. The van der Waals surface area contributed by atoms with Crippen molar-refractivity contribution in [2.45, 2.75) is 38.5 Å². The number of nitrogens with one attached hydrogen (secondary N) is 1. The first-order valence-electron chi connectivity index (χ1n) is 8.29. The maximum atomic E-state index is 12.1. The molecule has 0 heterocycles. The Bertz CT molecular complexity index is 673. The molecule has 0 fully saturated rings. The summed E-state index contributed by atoms with van der Waals surface area (Å²) in [6.07, 6.45) is 1.02. The summed E-state index contributed by atoms with van der Waals surface area (Å²) in [4.78, 5) is 23.5. The molecule has 0 saturated carbocycles. The molecule has 0 unspecified atom stereocenters. The van der Waals surface area contributed by atoms with Gasteiger partial charge in [0.2, 0.25) is 0 Å². The molecule has 0 radical (unpaired) electrons. The van der Waals surface area contributed by atoms with E-state index in [-0.39, 0.29) is 6.61 Å².